The van der Waals surface area contributed by atoms with Crippen LogP contribution in [-0.2, 0) is 11.3 Å². The number of aryl methyl sites for hydroxylation is 1. The minimum atomic E-state index is 0.0961. The second-order valence-electron chi connectivity index (χ2n) is 5.52. The first kappa shape index (κ1) is 14.1. The first-order valence-corrected chi connectivity index (χ1v) is 7.55. The predicted molar refractivity (Wildman–Crippen MR) is 82.1 cm³/mol. The highest BCUT2D eigenvalue weighted by Gasteiger charge is 2.29. The lowest BCUT2D eigenvalue weighted by molar-refractivity contribution is -0.133. The van der Waals surface area contributed by atoms with E-state index in [1.54, 1.807) is 17.1 Å². The minimum Gasteiger partial charge on any atom is -0.334 e. The third-order valence-corrected chi connectivity index (χ3v) is 4.09. The van der Waals surface area contributed by atoms with Crippen molar-refractivity contribution in [3.8, 4) is 0 Å². The SMILES string of the molecule is Cc1cccc([C@H]2CCCN2C(=O)Cn2cc(Cl)cn2)c1. The molecule has 110 valence electrons. The van der Waals surface area contributed by atoms with Gasteiger partial charge in [-0.15, -0.1) is 0 Å². The van der Waals surface area contributed by atoms with Gasteiger partial charge < -0.3 is 4.90 Å². The van der Waals surface area contributed by atoms with Crippen molar-refractivity contribution in [1.29, 1.82) is 0 Å². The number of rotatable bonds is 3. The van der Waals surface area contributed by atoms with Crippen LogP contribution in [0.5, 0.6) is 0 Å². The van der Waals surface area contributed by atoms with E-state index in [2.05, 4.69) is 36.3 Å². The van der Waals surface area contributed by atoms with Crippen LogP contribution in [0.2, 0.25) is 5.02 Å². The predicted octanol–water partition coefficient (Wildman–Crippen LogP) is 3.21. The molecule has 0 bridgehead atoms. The largest absolute Gasteiger partial charge is 0.334 e. The molecular formula is C16H18ClN3O. The standard InChI is InChI=1S/C16H18ClN3O/c1-12-4-2-5-13(8-12)15-6-3-7-20(15)16(21)11-19-10-14(17)9-18-19/h2,4-5,8-10,15H,3,6-7,11H2,1H3/t15-/m1/s1. The van der Waals surface area contributed by atoms with Gasteiger partial charge in [0.25, 0.3) is 0 Å². The average Bonchev–Trinajstić information content (AvgIpc) is 3.07. The molecule has 2 aromatic rings. The smallest absolute Gasteiger partial charge is 0.244 e. The lowest BCUT2D eigenvalue weighted by Gasteiger charge is -2.25. The zero-order valence-electron chi connectivity index (χ0n) is 12.0. The Morgan fingerprint density at radius 3 is 3.05 bits per heavy atom. The highest BCUT2D eigenvalue weighted by Crippen LogP contribution is 2.32. The minimum absolute atomic E-state index is 0.0961. The van der Waals surface area contributed by atoms with Gasteiger partial charge in [-0.05, 0) is 25.3 Å². The summed E-state index contributed by atoms with van der Waals surface area (Å²) < 4.78 is 1.59. The summed E-state index contributed by atoms with van der Waals surface area (Å²) in [5.41, 5.74) is 2.45. The molecule has 1 aliphatic rings. The van der Waals surface area contributed by atoms with Crippen LogP contribution < -0.4 is 0 Å². The molecule has 2 heterocycles. The Morgan fingerprint density at radius 1 is 1.48 bits per heavy atom. The zero-order chi connectivity index (χ0) is 14.8. The molecule has 1 amide bonds. The zero-order valence-corrected chi connectivity index (χ0v) is 12.8. The molecule has 0 saturated carbocycles. The second-order valence-corrected chi connectivity index (χ2v) is 5.95. The van der Waals surface area contributed by atoms with E-state index in [1.165, 1.54) is 11.1 Å². The van der Waals surface area contributed by atoms with Crippen molar-refractivity contribution >= 4 is 17.5 Å². The summed E-state index contributed by atoms with van der Waals surface area (Å²) in [6.45, 7) is 3.14. The van der Waals surface area contributed by atoms with Crippen LogP contribution in [0.25, 0.3) is 0 Å². The van der Waals surface area contributed by atoms with Crippen LogP contribution in [-0.4, -0.2) is 27.1 Å². The summed E-state index contributed by atoms with van der Waals surface area (Å²) in [4.78, 5) is 14.5. The molecule has 0 unspecified atom stereocenters. The van der Waals surface area contributed by atoms with Crippen LogP contribution in [0, 0.1) is 6.92 Å². The molecule has 0 N–H and O–H groups in total. The van der Waals surface area contributed by atoms with Gasteiger partial charge in [0.05, 0.1) is 17.3 Å². The summed E-state index contributed by atoms with van der Waals surface area (Å²) in [7, 11) is 0. The molecule has 1 atom stereocenters. The Morgan fingerprint density at radius 2 is 2.33 bits per heavy atom. The van der Waals surface area contributed by atoms with E-state index in [0.717, 1.165) is 19.4 Å². The number of halogens is 1. The van der Waals surface area contributed by atoms with Gasteiger partial charge in [0.15, 0.2) is 0 Å². The summed E-state index contributed by atoms with van der Waals surface area (Å²) in [6.07, 6.45) is 5.30. The molecule has 1 saturated heterocycles. The van der Waals surface area contributed by atoms with E-state index in [-0.39, 0.29) is 18.5 Å². The fourth-order valence-corrected chi connectivity index (χ4v) is 3.10. The third-order valence-electron chi connectivity index (χ3n) is 3.90. The molecule has 4 nitrogen and oxygen atoms in total. The number of nitrogens with zero attached hydrogens (tertiary/aromatic N) is 3. The van der Waals surface area contributed by atoms with Crippen LogP contribution in [0.4, 0.5) is 0 Å². The Hall–Kier alpha value is -1.81. The maximum atomic E-state index is 12.5. The maximum absolute atomic E-state index is 12.5. The average molecular weight is 304 g/mol. The number of benzene rings is 1. The number of carbonyl (C=O) groups excluding carboxylic acids is 1. The van der Waals surface area contributed by atoms with Crippen molar-refractivity contribution in [2.75, 3.05) is 6.54 Å². The fraction of sp³-hybridized carbons (Fsp3) is 0.375. The normalized spacial score (nSPS) is 18.2. The van der Waals surface area contributed by atoms with Gasteiger partial charge in [0, 0.05) is 12.7 Å². The van der Waals surface area contributed by atoms with Crippen LogP contribution in [0.15, 0.2) is 36.7 Å². The van der Waals surface area contributed by atoms with E-state index in [9.17, 15) is 4.79 Å². The molecule has 0 aliphatic carbocycles. The van der Waals surface area contributed by atoms with E-state index in [1.807, 2.05) is 4.90 Å². The van der Waals surface area contributed by atoms with E-state index in [4.69, 9.17) is 11.6 Å². The summed E-state index contributed by atoms with van der Waals surface area (Å²) in [6, 6.07) is 8.59. The van der Waals surface area contributed by atoms with Crippen molar-refractivity contribution in [3.05, 3.63) is 52.8 Å². The number of carbonyl (C=O) groups is 1. The quantitative estimate of drug-likeness (QED) is 0.873. The molecule has 1 aliphatic heterocycles. The van der Waals surface area contributed by atoms with E-state index < -0.39 is 0 Å². The van der Waals surface area contributed by atoms with Gasteiger partial charge in [-0.1, -0.05) is 41.4 Å². The summed E-state index contributed by atoms with van der Waals surface area (Å²) >= 11 is 5.84. The highest BCUT2D eigenvalue weighted by atomic mass is 35.5. The van der Waals surface area contributed by atoms with Crippen molar-refractivity contribution < 1.29 is 4.79 Å². The van der Waals surface area contributed by atoms with Gasteiger partial charge in [0.1, 0.15) is 6.54 Å². The van der Waals surface area contributed by atoms with E-state index >= 15 is 0 Å². The molecule has 3 rings (SSSR count). The van der Waals surface area contributed by atoms with Gasteiger partial charge in [0.2, 0.25) is 5.91 Å². The lowest BCUT2D eigenvalue weighted by Crippen LogP contribution is -2.33. The third kappa shape index (κ3) is 3.10. The molecule has 5 heteroatoms. The number of hydrogen-bond donors (Lipinski definition) is 0. The Kier molecular flexibility index (Phi) is 3.97. The Balaban J connectivity index is 1.75. The van der Waals surface area contributed by atoms with Gasteiger partial charge >= 0.3 is 0 Å². The highest BCUT2D eigenvalue weighted by molar-refractivity contribution is 6.30. The lowest BCUT2D eigenvalue weighted by atomic mass is 10.0. The van der Waals surface area contributed by atoms with Crippen LogP contribution in [0.1, 0.15) is 30.0 Å². The summed E-state index contributed by atoms with van der Waals surface area (Å²) in [5, 5.41) is 4.63. The van der Waals surface area contributed by atoms with Crippen molar-refractivity contribution in [2.24, 2.45) is 0 Å². The van der Waals surface area contributed by atoms with Crippen molar-refractivity contribution in [3.63, 3.8) is 0 Å². The molecule has 1 fully saturated rings. The molecular weight excluding hydrogens is 286 g/mol. The fourth-order valence-electron chi connectivity index (χ4n) is 2.94. The number of amides is 1. The molecule has 21 heavy (non-hydrogen) atoms. The first-order valence-electron chi connectivity index (χ1n) is 7.17. The number of likely N-dealkylation sites (tertiary alicyclic amines) is 1. The monoisotopic (exact) mass is 303 g/mol. The maximum Gasteiger partial charge on any atom is 0.244 e. The van der Waals surface area contributed by atoms with Crippen molar-refractivity contribution in [2.45, 2.75) is 32.4 Å². The van der Waals surface area contributed by atoms with Crippen LogP contribution >= 0.6 is 11.6 Å². The van der Waals surface area contributed by atoms with Gasteiger partial charge in [-0.25, -0.2) is 0 Å². The summed E-state index contributed by atoms with van der Waals surface area (Å²) in [5.74, 6) is 0.0961. The first-order chi connectivity index (χ1) is 10.1. The topological polar surface area (TPSA) is 38.1 Å². The Bertz CT molecular complexity index is 652. The van der Waals surface area contributed by atoms with Crippen molar-refractivity contribution in [1.82, 2.24) is 14.7 Å². The Labute approximate surface area is 129 Å². The van der Waals surface area contributed by atoms with Crippen LogP contribution in [0.3, 0.4) is 0 Å². The second kappa shape index (κ2) is 5.90. The molecule has 0 radical (unpaired) electrons. The molecule has 1 aromatic carbocycles. The van der Waals surface area contributed by atoms with Gasteiger partial charge in [-0.3, -0.25) is 9.48 Å². The van der Waals surface area contributed by atoms with E-state index in [0.29, 0.717) is 5.02 Å². The molecule has 0 spiro atoms. The number of hydrogen-bond acceptors (Lipinski definition) is 2. The van der Waals surface area contributed by atoms with Gasteiger partial charge in [-0.2, -0.15) is 5.10 Å². The molecule has 1 aromatic heterocycles. The number of aromatic nitrogens is 2.